The molecule has 0 aromatic heterocycles. The predicted molar refractivity (Wildman–Crippen MR) is 52.3 cm³/mol. The lowest BCUT2D eigenvalue weighted by molar-refractivity contribution is 0.310. The van der Waals surface area contributed by atoms with Gasteiger partial charge in [-0.15, -0.1) is 16.3 Å². The van der Waals surface area contributed by atoms with Crippen molar-refractivity contribution in [1.82, 2.24) is 5.32 Å². The Kier molecular flexibility index (Phi) is 4.78. The number of hydrogen-bond donors (Lipinski definition) is 1. The zero-order valence-electron chi connectivity index (χ0n) is 7.49. The summed E-state index contributed by atoms with van der Waals surface area (Å²) in [6.07, 6.45) is 0.791. The summed E-state index contributed by atoms with van der Waals surface area (Å²) >= 11 is 0. The van der Waals surface area contributed by atoms with Crippen LogP contribution in [0.5, 0.6) is 0 Å². The van der Waals surface area contributed by atoms with E-state index in [1.807, 2.05) is 6.07 Å². The highest BCUT2D eigenvalue weighted by molar-refractivity contribution is 7.86. The molecule has 0 spiro atoms. The van der Waals surface area contributed by atoms with Gasteiger partial charge in [0.05, 0.1) is 17.2 Å². The lowest BCUT2D eigenvalue weighted by Crippen LogP contribution is -2.39. The molecule has 0 saturated carbocycles. The van der Waals surface area contributed by atoms with Gasteiger partial charge in [0.25, 0.3) is 0 Å². The SMILES string of the molecule is Cl.N#CC1(CS(=O)(=O)F)CCNCC1. The quantitative estimate of drug-likeness (QED) is 0.720. The molecule has 1 fully saturated rings. The maximum atomic E-state index is 12.4. The van der Waals surface area contributed by atoms with Gasteiger partial charge in [0.1, 0.15) is 0 Å². The Morgan fingerprint density at radius 2 is 1.93 bits per heavy atom. The number of halogens is 2. The van der Waals surface area contributed by atoms with Gasteiger partial charge in [0, 0.05) is 0 Å². The summed E-state index contributed by atoms with van der Waals surface area (Å²) in [6, 6.07) is 1.91. The first-order valence-electron chi connectivity index (χ1n) is 4.02. The van der Waals surface area contributed by atoms with Gasteiger partial charge in [0.15, 0.2) is 0 Å². The number of nitriles is 1. The first-order chi connectivity index (χ1) is 5.97. The second-order valence-electron chi connectivity index (χ2n) is 3.33. The van der Waals surface area contributed by atoms with E-state index in [9.17, 15) is 12.3 Å². The van der Waals surface area contributed by atoms with E-state index in [-0.39, 0.29) is 12.4 Å². The van der Waals surface area contributed by atoms with Crippen molar-refractivity contribution >= 4 is 22.6 Å². The second-order valence-corrected chi connectivity index (χ2v) is 4.69. The Balaban J connectivity index is 0.00000169. The Morgan fingerprint density at radius 3 is 2.29 bits per heavy atom. The molecule has 4 nitrogen and oxygen atoms in total. The summed E-state index contributed by atoms with van der Waals surface area (Å²) in [7, 11) is -4.54. The fourth-order valence-electron chi connectivity index (χ4n) is 1.52. The van der Waals surface area contributed by atoms with E-state index in [1.54, 1.807) is 0 Å². The minimum Gasteiger partial charge on any atom is -0.317 e. The number of nitrogens with zero attached hydrogens (tertiary/aromatic N) is 1. The van der Waals surface area contributed by atoms with Crippen molar-refractivity contribution in [2.45, 2.75) is 12.8 Å². The van der Waals surface area contributed by atoms with Crippen molar-refractivity contribution in [3.63, 3.8) is 0 Å². The Bertz CT molecular complexity index is 319. The third-order valence-corrected chi connectivity index (χ3v) is 3.14. The molecule has 1 rings (SSSR count). The molecule has 0 atom stereocenters. The predicted octanol–water partition coefficient (Wildman–Crippen LogP) is 0.601. The summed E-state index contributed by atoms with van der Waals surface area (Å²) in [4.78, 5) is 0. The van der Waals surface area contributed by atoms with Gasteiger partial charge >= 0.3 is 10.2 Å². The summed E-state index contributed by atoms with van der Waals surface area (Å²) < 4.78 is 33.3. The van der Waals surface area contributed by atoms with Crippen LogP contribution in [-0.2, 0) is 10.2 Å². The average molecular weight is 243 g/mol. The van der Waals surface area contributed by atoms with Gasteiger partial charge in [-0.2, -0.15) is 13.7 Å². The maximum Gasteiger partial charge on any atom is 0.303 e. The molecule has 1 heterocycles. The van der Waals surface area contributed by atoms with Crippen molar-refractivity contribution in [2.24, 2.45) is 5.41 Å². The van der Waals surface area contributed by atoms with Crippen molar-refractivity contribution in [1.29, 1.82) is 5.26 Å². The molecular weight excluding hydrogens is 231 g/mol. The van der Waals surface area contributed by atoms with Gasteiger partial charge in [0.2, 0.25) is 0 Å². The highest BCUT2D eigenvalue weighted by atomic mass is 35.5. The van der Waals surface area contributed by atoms with Crippen LogP contribution in [0.2, 0.25) is 0 Å². The zero-order chi connectivity index (χ0) is 9.95. The Morgan fingerprint density at radius 1 is 1.43 bits per heavy atom. The van der Waals surface area contributed by atoms with E-state index in [0.29, 0.717) is 25.9 Å². The molecule has 82 valence electrons. The molecule has 0 aromatic rings. The summed E-state index contributed by atoms with van der Waals surface area (Å²) in [5, 5.41) is 11.8. The molecule has 0 aromatic carbocycles. The molecule has 0 radical (unpaired) electrons. The number of piperidine rings is 1. The van der Waals surface area contributed by atoms with Crippen LogP contribution in [0.4, 0.5) is 3.89 Å². The van der Waals surface area contributed by atoms with Crippen LogP contribution in [0.3, 0.4) is 0 Å². The Labute approximate surface area is 89.1 Å². The number of hydrogen-bond acceptors (Lipinski definition) is 4. The van der Waals surface area contributed by atoms with Crippen LogP contribution in [0.25, 0.3) is 0 Å². The average Bonchev–Trinajstić information content (AvgIpc) is 2.03. The van der Waals surface area contributed by atoms with E-state index in [1.165, 1.54) is 0 Å². The maximum absolute atomic E-state index is 12.4. The topological polar surface area (TPSA) is 70.0 Å². The minimum atomic E-state index is -4.54. The van der Waals surface area contributed by atoms with Gasteiger partial charge in [-0.1, -0.05) is 0 Å². The van der Waals surface area contributed by atoms with Gasteiger partial charge in [-0.05, 0) is 25.9 Å². The molecule has 1 aliphatic rings. The zero-order valence-corrected chi connectivity index (χ0v) is 9.13. The summed E-state index contributed by atoms with van der Waals surface area (Å²) in [5.41, 5.74) is -1.02. The highest BCUT2D eigenvalue weighted by Crippen LogP contribution is 2.29. The van der Waals surface area contributed by atoms with E-state index in [2.05, 4.69) is 5.32 Å². The van der Waals surface area contributed by atoms with Crippen LogP contribution < -0.4 is 5.32 Å². The monoisotopic (exact) mass is 242 g/mol. The fraction of sp³-hybridized carbons (Fsp3) is 0.857. The lowest BCUT2D eigenvalue weighted by Gasteiger charge is -2.29. The number of rotatable bonds is 2. The summed E-state index contributed by atoms with van der Waals surface area (Å²) in [5.74, 6) is -0.668. The fourth-order valence-corrected chi connectivity index (χ4v) is 2.54. The normalized spacial score (nSPS) is 20.6. The van der Waals surface area contributed by atoms with Gasteiger partial charge in [-0.3, -0.25) is 0 Å². The van der Waals surface area contributed by atoms with E-state index in [0.717, 1.165) is 0 Å². The molecule has 1 saturated heterocycles. The molecule has 7 heteroatoms. The smallest absolute Gasteiger partial charge is 0.303 e. The van der Waals surface area contributed by atoms with Crippen molar-refractivity contribution in [3.05, 3.63) is 0 Å². The second kappa shape index (κ2) is 4.91. The van der Waals surface area contributed by atoms with Crippen LogP contribution in [0.1, 0.15) is 12.8 Å². The first kappa shape index (κ1) is 13.6. The Hall–Kier alpha value is -0.380. The lowest BCUT2D eigenvalue weighted by atomic mass is 9.82. The van der Waals surface area contributed by atoms with Crippen LogP contribution >= 0.6 is 12.4 Å². The third-order valence-electron chi connectivity index (χ3n) is 2.25. The van der Waals surface area contributed by atoms with Crippen molar-refractivity contribution in [3.8, 4) is 6.07 Å². The molecule has 0 bridgehead atoms. The molecule has 1 aliphatic heterocycles. The standard InChI is InChI=1S/C7H11FN2O2S.ClH/c8-13(11,12)6-7(5-9)1-3-10-4-2-7;/h10H,1-4,6H2;1H. The first-order valence-corrected chi connectivity index (χ1v) is 5.57. The molecule has 1 N–H and O–H groups in total. The van der Waals surface area contributed by atoms with E-state index in [4.69, 9.17) is 5.26 Å². The van der Waals surface area contributed by atoms with Gasteiger partial charge < -0.3 is 5.32 Å². The minimum absolute atomic E-state index is 0. The molecule has 0 amide bonds. The third kappa shape index (κ3) is 3.78. The molecule has 14 heavy (non-hydrogen) atoms. The van der Waals surface area contributed by atoms with Crippen LogP contribution in [0, 0.1) is 16.7 Å². The van der Waals surface area contributed by atoms with Crippen LogP contribution in [-0.4, -0.2) is 27.3 Å². The molecular formula is C7H12ClFN2O2S. The molecule has 0 unspecified atom stereocenters. The number of nitrogens with one attached hydrogen (secondary N) is 1. The van der Waals surface area contributed by atoms with E-state index >= 15 is 0 Å². The van der Waals surface area contributed by atoms with Gasteiger partial charge in [-0.25, -0.2) is 0 Å². The summed E-state index contributed by atoms with van der Waals surface area (Å²) in [6.45, 7) is 1.14. The van der Waals surface area contributed by atoms with Crippen molar-refractivity contribution in [2.75, 3.05) is 18.8 Å². The molecule has 0 aliphatic carbocycles. The van der Waals surface area contributed by atoms with Crippen LogP contribution in [0.15, 0.2) is 0 Å². The largest absolute Gasteiger partial charge is 0.317 e. The van der Waals surface area contributed by atoms with E-state index < -0.39 is 21.4 Å². The van der Waals surface area contributed by atoms with Crippen molar-refractivity contribution < 1.29 is 12.3 Å². The highest BCUT2D eigenvalue weighted by Gasteiger charge is 2.37.